The van der Waals surface area contributed by atoms with Crippen molar-refractivity contribution in [3.8, 4) is 6.07 Å². The maximum Gasteiger partial charge on any atom is 0.234 e. The summed E-state index contributed by atoms with van der Waals surface area (Å²) in [4.78, 5) is 11.4. The van der Waals surface area contributed by atoms with E-state index in [1.807, 2.05) is 13.0 Å². The third-order valence-corrected chi connectivity index (χ3v) is 3.10. The van der Waals surface area contributed by atoms with Gasteiger partial charge in [0.25, 0.3) is 0 Å². The molecule has 90 valence electrons. The molecular weight excluding hydrogens is 206 g/mol. The molecule has 0 aliphatic carbocycles. The van der Waals surface area contributed by atoms with E-state index in [9.17, 15) is 4.79 Å². The number of hydrogen-bond donors (Lipinski definition) is 2. The third kappa shape index (κ3) is 3.47. The first-order valence-corrected chi connectivity index (χ1v) is 5.59. The molecule has 1 amide bonds. The largest absolute Gasteiger partial charge is 0.377 e. The molecule has 0 aromatic heterocycles. The van der Waals surface area contributed by atoms with Gasteiger partial charge in [-0.3, -0.25) is 4.79 Å². The fourth-order valence-electron chi connectivity index (χ4n) is 1.67. The van der Waals surface area contributed by atoms with Crippen LogP contribution in [0.4, 0.5) is 0 Å². The fraction of sp³-hybridized carbons (Fsp3) is 0.818. The summed E-state index contributed by atoms with van der Waals surface area (Å²) in [6, 6.07) is 1.98. The summed E-state index contributed by atoms with van der Waals surface area (Å²) in [7, 11) is 0. The first kappa shape index (κ1) is 12.9. The number of carbonyl (C=O) groups is 1. The van der Waals surface area contributed by atoms with Crippen molar-refractivity contribution in [3.63, 3.8) is 0 Å². The first-order valence-electron chi connectivity index (χ1n) is 5.59. The molecule has 1 fully saturated rings. The fourth-order valence-corrected chi connectivity index (χ4v) is 1.67. The molecule has 2 atom stereocenters. The predicted molar refractivity (Wildman–Crippen MR) is 59.7 cm³/mol. The van der Waals surface area contributed by atoms with Crippen molar-refractivity contribution in [2.75, 3.05) is 19.7 Å². The summed E-state index contributed by atoms with van der Waals surface area (Å²) in [6.45, 7) is 5.50. The van der Waals surface area contributed by atoms with Crippen LogP contribution in [0.3, 0.4) is 0 Å². The SMILES string of the molecule is CC1OCCC1(C)NCC(=O)NCCC#N. The van der Waals surface area contributed by atoms with Gasteiger partial charge in [-0.2, -0.15) is 5.26 Å². The Balaban J connectivity index is 2.23. The van der Waals surface area contributed by atoms with Gasteiger partial charge in [0, 0.05) is 18.7 Å². The summed E-state index contributed by atoms with van der Waals surface area (Å²) >= 11 is 0. The van der Waals surface area contributed by atoms with Crippen LogP contribution in [0.2, 0.25) is 0 Å². The van der Waals surface area contributed by atoms with Crippen LogP contribution in [0.5, 0.6) is 0 Å². The highest BCUT2D eigenvalue weighted by Crippen LogP contribution is 2.24. The molecule has 1 rings (SSSR count). The summed E-state index contributed by atoms with van der Waals surface area (Å²) in [5.74, 6) is -0.0735. The van der Waals surface area contributed by atoms with Gasteiger partial charge < -0.3 is 15.4 Å². The Kier molecular flexibility index (Phi) is 4.71. The predicted octanol–water partition coefficient (Wildman–Crippen LogP) is 0.173. The molecule has 1 heterocycles. The van der Waals surface area contributed by atoms with Crippen molar-refractivity contribution in [3.05, 3.63) is 0 Å². The summed E-state index contributed by atoms with van der Waals surface area (Å²) in [5, 5.41) is 14.2. The van der Waals surface area contributed by atoms with Crippen molar-refractivity contribution >= 4 is 5.91 Å². The number of rotatable bonds is 5. The molecule has 0 aromatic carbocycles. The number of hydrogen-bond acceptors (Lipinski definition) is 4. The molecule has 5 heteroatoms. The molecule has 16 heavy (non-hydrogen) atoms. The number of carbonyl (C=O) groups excluding carboxylic acids is 1. The maximum absolute atomic E-state index is 11.4. The standard InChI is InChI=1S/C11H19N3O2/c1-9-11(2,4-7-16-9)14-8-10(15)13-6-3-5-12/h9,14H,3-4,6-8H2,1-2H3,(H,13,15). The van der Waals surface area contributed by atoms with E-state index in [0.29, 0.717) is 13.0 Å². The second-order valence-electron chi connectivity index (χ2n) is 4.29. The first-order chi connectivity index (χ1) is 7.58. The van der Waals surface area contributed by atoms with E-state index in [1.54, 1.807) is 0 Å². The summed E-state index contributed by atoms with van der Waals surface area (Å²) in [6.07, 6.45) is 1.39. The summed E-state index contributed by atoms with van der Waals surface area (Å²) < 4.78 is 5.46. The minimum absolute atomic E-state index is 0.0735. The van der Waals surface area contributed by atoms with Gasteiger partial charge in [-0.05, 0) is 20.3 Å². The highest BCUT2D eigenvalue weighted by molar-refractivity contribution is 5.78. The van der Waals surface area contributed by atoms with Crippen molar-refractivity contribution < 1.29 is 9.53 Å². The zero-order valence-corrected chi connectivity index (χ0v) is 9.88. The van der Waals surface area contributed by atoms with E-state index < -0.39 is 0 Å². The van der Waals surface area contributed by atoms with Crippen LogP contribution < -0.4 is 10.6 Å². The molecule has 0 radical (unpaired) electrons. The molecule has 5 nitrogen and oxygen atoms in total. The monoisotopic (exact) mass is 225 g/mol. The van der Waals surface area contributed by atoms with Crippen LogP contribution in [-0.4, -0.2) is 37.2 Å². The van der Waals surface area contributed by atoms with Gasteiger partial charge in [-0.25, -0.2) is 0 Å². The van der Waals surface area contributed by atoms with Gasteiger partial charge in [-0.1, -0.05) is 0 Å². The van der Waals surface area contributed by atoms with E-state index in [4.69, 9.17) is 10.00 Å². The Bertz CT molecular complexity index is 287. The molecule has 0 spiro atoms. The van der Waals surface area contributed by atoms with Gasteiger partial charge in [0.05, 0.1) is 25.1 Å². The molecule has 1 aliphatic heterocycles. The van der Waals surface area contributed by atoms with Gasteiger partial charge >= 0.3 is 0 Å². The Morgan fingerprint density at radius 2 is 2.44 bits per heavy atom. The van der Waals surface area contributed by atoms with Gasteiger partial charge in [0.15, 0.2) is 0 Å². The number of nitrogens with one attached hydrogen (secondary N) is 2. The average Bonchev–Trinajstić information content (AvgIpc) is 2.58. The molecule has 2 unspecified atom stereocenters. The minimum Gasteiger partial charge on any atom is -0.377 e. The molecule has 1 aliphatic rings. The smallest absolute Gasteiger partial charge is 0.234 e. The topological polar surface area (TPSA) is 74.2 Å². The van der Waals surface area contributed by atoms with Crippen LogP contribution in [-0.2, 0) is 9.53 Å². The zero-order chi connectivity index (χ0) is 12.0. The molecule has 2 N–H and O–H groups in total. The van der Waals surface area contributed by atoms with Gasteiger partial charge in [0.1, 0.15) is 0 Å². The lowest BCUT2D eigenvalue weighted by molar-refractivity contribution is -0.120. The van der Waals surface area contributed by atoms with Crippen molar-refractivity contribution in [2.45, 2.75) is 38.3 Å². The Morgan fingerprint density at radius 3 is 3.00 bits per heavy atom. The van der Waals surface area contributed by atoms with Crippen LogP contribution in [0, 0.1) is 11.3 Å². The molecule has 0 saturated carbocycles. The molecule has 0 bridgehead atoms. The third-order valence-electron chi connectivity index (χ3n) is 3.10. The highest BCUT2D eigenvalue weighted by atomic mass is 16.5. The van der Waals surface area contributed by atoms with Crippen LogP contribution >= 0.6 is 0 Å². The van der Waals surface area contributed by atoms with E-state index in [0.717, 1.165) is 13.0 Å². The maximum atomic E-state index is 11.4. The number of nitriles is 1. The van der Waals surface area contributed by atoms with Crippen molar-refractivity contribution in [1.82, 2.24) is 10.6 Å². The van der Waals surface area contributed by atoms with E-state index in [-0.39, 0.29) is 24.1 Å². The Morgan fingerprint density at radius 1 is 1.69 bits per heavy atom. The number of nitrogens with zero attached hydrogens (tertiary/aromatic N) is 1. The van der Waals surface area contributed by atoms with Gasteiger partial charge in [-0.15, -0.1) is 0 Å². The zero-order valence-electron chi connectivity index (χ0n) is 9.88. The Hall–Kier alpha value is -1.12. The average molecular weight is 225 g/mol. The molecule has 1 saturated heterocycles. The summed E-state index contributed by atoms with van der Waals surface area (Å²) in [5.41, 5.74) is -0.118. The van der Waals surface area contributed by atoms with E-state index in [2.05, 4.69) is 17.6 Å². The van der Waals surface area contributed by atoms with Crippen molar-refractivity contribution in [1.29, 1.82) is 5.26 Å². The van der Waals surface area contributed by atoms with Crippen LogP contribution in [0.25, 0.3) is 0 Å². The Labute approximate surface area is 96.2 Å². The lowest BCUT2D eigenvalue weighted by atomic mass is 9.95. The number of amides is 1. The lowest BCUT2D eigenvalue weighted by Gasteiger charge is -2.28. The molecule has 0 aromatic rings. The second kappa shape index (κ2) is 5.83. The van der Waals surface area contributed by atoms with Crippen LogP contribution in [0.15, 0.2) is 0 Å². The second-order valence-corrected chi connectivity index (χ2v) is 4.29. The van der Waals surface area contributed by atoms with E-state index in [1.165, 1.54) is 0 Å². The van der Waals surface area contributed by atoms with E-state index >= 15 is 0 Å². The molecular formula is C11H19N3O2. The quantitative estimate of drug-likeness (QED) is 0.654. The van der Waals surface area contributed by atoms with Crippen molar-refractivity contribution in [2.24, 2.45) is 0 Å². The normalized spacial score (nSPS) is 28.7. The highest BCUT2D eigenvalue weighted by Gasteiger charge is 2.36. The van der Waals surface area contributed by atoms with Crippen LogP contribution in [0.1, 0.15) is 26.7 Å². The minimum atomic E-state index is -0.118. The number of ether oxygens (including phenoxy) is 1. The van der Waals surface area contributed by atoms with Gasteiger partial charge in [0.2, 0.25) is 5.91 Å². The lowest BCUT2D eigenvalue weighted by Crippen LogP contribution is -2.51.